The second-order valence-corrected chi connectivity index (χ2v) is 5.03. The van der Waals surface area contributed by atoms with Crippen LogP contribution in [0.15, 0.2) is 18.2 Å². The van der Waals surface area contributed by atoms with Crippen LogP contribution in [-0.2, 0) is 4.79 Å². The Bertz CT molecular complexity index is 500. The third-order valence-electron chi connectivity index (χ3n) is 2.66. The Labute approximate surface area is 124 Å². The molecule has 21 heavy (non-hydrogen) atoms. The fourth-order valence-electron chi connectivity index (χ4n) is 1.68. The van der Waals surface area contributed by atoms with Gasteiger partial charge in [-0.1, -0.05) is 6.07 Å². The van der Waals surface area contributed by atoms with Gasteiger partial charge in [0.25, 0.3) is 0 Å². The molecule has 0 aromatic heterocycles. The number of aryl methyl sites for hydroxylation is 1. The molecular formula is C15H22N2O4. The van der Waals surface area contributed by atoms with E-state index >= 15 is 0 Å². The van der Waals surface area contributed by atoms with E-state index in [9.17, 15) is 9.59 Å². The van der Waals surface area contributed by atoms with E-state index in [0.717, 1.165) is 11.3 Å². The van der Waals surface area contributed by atoms with E-state index in [1.165, 1.54) is 0 Å². The maximum atomic E-state index is 11.7. The normalized spacial score (nSPS) is 10.3. The third-order valence-corrected chi connectivity index (χ3v) is 2.66. The highest BCUT2D eigenvalue weighted by molar-refractivity contribution is 5.89. The van der Waals surface area contributed by atoms with Gasteiger partial charge in [-0.25, -0.2) is 4.79 Å². The van der Waals surface area contributed by atoms with Crippen molar-refractivity contribution >= 4 is 17.7 Å². The van der Waals surface area contributed by atoms with Crippen LogP contribution in [0.2, 0.25) is 0 Å². The van der Waals surface area contributed by atoms with Crippen molar-refractivity contribution < 1.29 is 19.4 Å². The predicted molar refractivity (Wildman–Crippen MR) is 80.8 cm³/mol. The number of carboxylic acid groups (broad SMARTS) is 1. The van der Waals surface area contributed by atoms with Gasteiger partial charge in [-0.2, -0.15) is 0 Å². The summed E-state index contributed by atoms with van der Waals surface area (Å²) >= 11 is 0. The number of benzene rings is 1. The number of amides is 2. The van der Waals surface area contributed by atoms with Crippen LogP contribution in [0, 0.1) is 6.92 Å². The van der Waals surface area contributed by atoms with Gasteiger partial charge in [0.15, 0.2) is 0 Å². The summed E-state index contributed by atoms with van der Waals surface area (Å²) in [7, 11) is 0. The molecule has 0 spiro atoms. The van der Waals surface area contributed by atoms with Gasteiger partial charge >= 0.3 is 12.0 Å². The Hall–Kier alpha value is -2.24. The first kappa shape index (κ1) is 16.8. The molecule has 116 valence electrons. The zero-order valence-corrected chi connectivity index (χ0v) is 12.6. The Kier molecular flexibility index (Phi) is 6.52. The molecule has 1 aromatic carbocycles. The maximum absolute atomic E-state index is 11.7. The molecule has 0 radical (unpaired) electrons. The monoisotopic (exact) mass is 294 g/mol. The first-order chi connectivity index (χ1) is 9.88. The summed E-state index contributed by atoms with van der Waals surface area (Å²) < 4.78 is 5.66. The Morgan fingerprint density at radius 3 is 2.67 bits per heavy atom. The fraction of sp³-hybridized carbons (Fsp3) is 0.467. The van der Waals surface area contributed by atoms with E-state index in [1.54, 1.807) is 12.1 Å². The Morgan fingerprint density at radius 1 is 1.33 bits per heavy atom. The van der Waals surface area contributed by atoms with Crippen LogP contribution < -0.4 is 15.4 Å². The van der Waals surface area contributed by atoms with Gasteiger partial charge in [0.05, 0.1) is 6.10 Å². The van der Waals surface area contributed by atoms with E-state index in [-0.39, 0.29) is 18.6 Å². The number of urea groups is 1. The second kappa shape index (κ2) is 8.14. The molecule has 0 saturated carbocycles. The number of aliphatic carboxylic acids is 1. The highest BCUT2D eigenvalue weighted by atomic mass is 16.5. The predicted octanol–water partition coefficient (Wildman–Crippen LogP) is 2.77. The molecule has 0 aliphatic carbocycles. The number of rotatable bonds is 7. The van der Waals surface area contributed by atoms with Gasteiger partial charge in [-0.15, -0.1) is 0 Å². The van der Waals surface area contributed by atoms with Gasteiger partial charge in [-0.05, 0) is 38.8 Å². The SMILES string of the molecule is Cc1ccc(NC(=O)NCCCC(=O)O)cc1OC(C)C. The first-order valence-corrected chi connectivity index (χ1v) is 6.92. The van der Waals surface area contributed by atoms with Crippen molar-refractivity contribution in [1.29, 1.82) is 0 Å². The number of ether oxygens (including phenoxy) is 1. The van der Waals surface area contributed by atoms with E-state index in [4.69, 9.17) is 9.84 Å². The van der Waals surface area contributed by atoms with Crippen LogP contribution in [0.25, 0.3) is 0 Å². The number of hydrogen-bond donors (Lipinski definition) is 3. The van der Waals surface area contributed by atoms with Gasteiger partial charge < -0.3 is 20.5 Å². The first-order valence-electron chi connectivity index (χ1n) is 6.92. The standard InChI is InChI=1S/C15H22N2O4/c1-10(2)21-13-9-12(7-6-11(13)3)17-15(20)16-8-4-5-14(18)19/h6-7,9-10H,4-5,8H2,1-3H3,(H,18,19)(H2,16,17,20). The van der Waals surface area contributed by atoms with Gasteiger partial charge in [0, 0.05) is 24.7 Å². The summed E-state index contributed by atoms with van der Waals surface area (Å²) in [6.45, 7) is 6.14. The fourth-order valence-corrected chi connectivity index (χ4v) is 1.68. The molecule has 0 heterocycles. The molecule has 6 nitrogen and oxygen atoms in total. The quantitative estimate of drug-likeness (QED) is 0.675. The topological polar surface area (TPSA) is 87.7 Å². The van der Waals surface area contributed by atoms with E-state index in [0.29, 0.717) is 18.7 Å². The van der Waals surface area contributed by atoms with Gasteiger partial charge in [0.1, 0.15) is 5.75 Å². The molecule has 0 atom stereocenters. The number of carbonyl (C=O) groups excluding carboxylic acids is 1. The minimum absolute atomic E-state index is 0.0389. The van der Waals surface area contributed by atoms with E-state index in [2.05, 4.69) is 10.6 Å². The molecule has 2 amide bonds. The van der Waals surface area contributed by atoms with Crippen LogP contribution >= 0.6 is 0 Å². The van der Waals surface area contributed by atoms with Crippen molar-refractivity contribution in [1.82, 2.24) is 5.32 Å². The third kappa shape index (κ3) is 6.65. The molecule has 0 saturated heterocycles. The average molecular weight is 294 g/mol. The van der Waals surface area contributed by atoms with Crippen molar-refractivity contribution in [3.05, 3.63) is 23.8 Å². The average Bonchev–Trinajstić information content (AvgIpc) is 2.38. The van der Waals surface area contributed by atoms with Crippen LogP contribution in [-0.4, -0.2) is 29.8 Å². The molecule has 6 heteroatoms. The minimum atomic E-state index is -0.869. The van der Waals surface area contributed by atoms with Crippen LogP contribution in [0.3, 0.4) is 0 Å². The van der Waals surface area contributed by atoms with E-state index in [1.807, 2.05) is 26.8 Å². The molecule has 0 aliphatic rings. The van der Waals surface area contributed by atoms with Crippen molar-refractivity contribution in [3.63, 3.8) is 0 Å². The van der Waals surface area contributed by atoms with Crippen molar-refractivity contribution in [3.8, 4) is 5.75 Å². The molecule has 0 bridgehead atoms. The molecule has 0 aliphatic heterocycles. The molecule has 1 aromatic rings. The lowest BCUT2D eigenvalue weighted by Gasteiger charge is -2.14. The molecule has 1 rings (SSSR count). The largest absolute Gasteiger partial charge is 0.491 e. The summed E-state index contributed by atoms with van der Waals surface area (Å²) in [5.74, 6) is -0.139. The molecular weight excluding hydrogens is 272 g/mol. The summed E-state index contributed by atoms with van der Waals surface area (Å²) in [5, 5.41) is 13.8. The zero-order chi connectivity index (χ0) is 15.8. The highest BCUT2D eigenvalue weighted by Crippen LogP contribution is 2.23. The lowest BCUT2D eigenvalue weighted by atomic mass is 10.2. The van der Waals surface area contributed by atoms with Crippen molar-refractivity contribution in [2.75, 3.05) is 11.9 Å². The Morgan fingerprint density at radius 2 is 2.05 bits per heavy atom. The highest BCUT2D eigenvalue weighted by Gasteiger charge is 2.06. The molecule has 3 N–H and O–H groups in total. The second-order valence-electron chi connectivity index (χ2n) is 5.03. The van der Waals surface area contributed by atoms with Crippen LogP contribution in [0.4, 0.5) is 10.5 Å². The van der Waals surface area contributed by atoms with Crippen LogP contribution in [0.5, 0.6) is 5.75 Å². The summed E-state index contributed by atoms with van der Waals surface area (Å²) in [5.41, 5.74) is 1.63. The van der Waals surface area contributed by atoms with E-state index < -0.39 is 5.97 Å². The molecule has 0 unspecified atom stereocenters. The maximum Gasteiger partial charge on any atom is 0.319 e. The minimum Gasteiger partial charge on any atom is -0.491 e. The Balaban J connectivity index is 2.50. The molecule has 0 fully saturated rings. The smallest absolute Gasteiger partial charge is 0.319 e. The number of carboxylic acids is 1. The number of hydrogen-bond acceptors (Lipinski definition) is 3. The van der Waals surface area contributed by atoms with Gasteiger partial charge in [-0.3, -0.25) is 4.79 Å². The summed E-state index contributed by atoms with van der Waals surface area (Å²) in [6.07, 6.45) is 0.499. The lowest BCUT2D eigenvalue weighted by molar-refractivity contribution is -0.137. The zero-order valence-electron chi connectivity index (χ0n) is 12.6. The summed E-state index contributed by atoms with van der Waals surface area (Å²) in [6, 6.07) is 5.07. The lowest BCUT2D eigenvalue weighted by Crippen LogP contribution is -2.29. The number of nitrogens with one attached hydrogen (secondary N) is 2. The van der Waals surface area contributed by atoms with Crippen molar-refractivity contribution in [2.24, 2.45) is 0 Å². The van der Waals surface area contributed by atoms with Gasteiger partial charge in [0.2, 0.25) is 0 Å². The number of carbonyl (C=O) groups is 2. The van der Waals surface area contributed by atoms with Crippen LogP contribution in [0.1, 0.15) is 32.3 Å². The summed E-state index contributed by atoms with van der Waals surface area (Å²) in [4.78, 5) is 22.0. The number of anilines is 1. The van der Waals surface area contributed by atoms with Crippen molar-refractivity contribution in [2.45, 2.75) is 39.7 Å².